The van der Waals surface area contributed by atoms with Crippen LogP contribution in [0.4, 0.5) is 0 Å². The Morgan fingerprint density at radius 1 is 1.35 bits per heavy atom. The molecule has 3 unspecified atom stereocenters. The number of rotatable bonds is 5. The van der Waals surface area contributed by atoms with Gasteiger partial charge in [-0.05, 0) is 37.3 Å². The molecule has 1 aliphatic carbocycles. The molecule has 1 saturated carbocycles. The van der Waals surface area contributed by atoms with Gasteiger partial charge in [-0.25, -0.2) is 0 Å². The number of halogens is 1. The number of nitrogens with one attached hydrogen (secondary N) is 1. The lowest BCUT2D eigenvalue weighted by Gasteiger charge is -2.34. The van der Waals surface area contributed by atoms with E-state index in [1.54, 1.807) is 19.2 Å². The summed E-state index contributed by atoms with van der Waals surface area (Å²) in [6.07, 6.45) is 3.42. The second-order valence-electron chi connectivity index (χ2n) is 6.27. The van der Waals surface area contributed by atoms with Crippen molar-refractivity contribution in [2.75, 3.05) is 13.7 Å². The minimum atomic E-state index is -0.112. The third-order valence-corrected chi connectivity index (χ3v) is 5.08. The van der Waals surface area contributed by atoms with Crippen molar-refractivity contribution < 1.29 is 14.3 Å². The summed E-state index contributed by atoms with van der Waals surface area (Å²) in [7, 11) is 1.54. The van der Waals surface area contributed by atoms with Crippen molar-refractivity contribution in [3.05, 3.63) is 22.7 Å². The van der Waals surface area contributed by atoms with Crippen LogP contribution in [0.25, 0.3) is 0 Å². The molecule has 1 aliphatic rings. The van der Waals surface area contributed by atoms with E-state index in [2.05, 4.69) is 19.2 Å². The maximum Gasteiger partial charge on any atom is 0.251 e. The maximum atomic E-state index is 12.6. The molecular formula is C18H26ClNO3. The van der Waals surface area contributed by atoms with E-state index in [0.717, 1.165) is 12.8 Å². The van der Waals surface area contributed by atoms with Gasteiger partial charge >= 0.3 is 0 Å². The van der Waals surface area contributed by atoms with E-state index in [9.17, 15) is 4.79 Å². The molecule has 1 aromatic carbocycles. The highest BCUT2D eigenvalue weighted by molar-refractivity contribution is 6.32. The molecule has 5 heteroatoms. The summed E-state index contributed by atoms with van der Waals surface area (Å²) in [5.41, 5.74) is 0.501. The topological polar surface area (TPSA) is 47.6 Å². The van der Waals surface area contributed by atoms with Gasteiger partial charge in [0.15, 0.2) is 11.5 Å². The summed E-state index contributed by atoms with van der Waals surface area (Å²) in [6, 6.07) is 3.53. The summed E-state index contributed by atoms with van der Waals surface area (Å²) in [4.78, 5) is 12.6. The average molecular weight is 340 g/mol. The Morgan fingerprint density at radius 2 is 2.09 bits per heavy atom. The van der Waals surface area contributed by atoms with Gasteiger partial charge in [-0.2, -0.15) is 0 Å². The first kappa shape index (κ1) is 17.9. The van der Waals surface area contributed by atoms with Crippen molar-refractivity contribution >= 4 is 17.5 Å². The van der Waals surface area contributed by atoms with Gasteiger partial charge in [0.2, 0.25) is 0 Å². The predicted molar refractivity (Wildman–Crippen MR) is 92.6 cm³/mol. The quantitative estimate of drug-likeness (QED) is 0.869. The van der Waals surface area contributed by atoms with Gasteiger partial charge in [0.1, 0.15) is 0 Å². The number of methoxy groups -OCH3 is 1. The van der Waals surface area contributed by atoms with Gasteiger partial charge in [-0.1, -0.05) is 38.3 Å². The molecule has 0 spiro atoms. The highest BCUT2D eigenvalue weighted by Crippen LogP contribution is 2.36. The Labute approximate surface area is 143 Å². The predicted octanol–water partition coefficient (Wildman–Crippen LogP) is 4.30. The molecule has 1 N–H and O–H groups in total. The minimum Gasteiger partial charge on any atom is -0.493 e. The molecule has 1 fully saturated rings. The lowest BCUT2D eigenvalue weighted by atomic mass is 9.78. The molecule has 1 amide bonds. The van der Waals surface area contributed by atoms with Crippen molar-refractivity contribution in [2.24, 2.45) is 11.8 Å². The number of ether oxygens (including phenoxy) is 2. The maximum absolute atomic E-state index is 12.6. The molecule has 0 heterocycles. The number of carbonyl (C=O) groups excluding carboxylic acids is 1. The Balaban J connectivity index is 2.17. The van der Waals surface area contributed by atoms with Crippen LogP contribution >= 0.6 is 11.6 Å². The van der Waals surface area contributed by atoms with Crippen LogP contribution in [0, 0.1) is 11.8 Å². The number of hydrogen-bond donors (Lipinski definition) is 1. The third-order valence-electron chi connectivity index (χ3n) is 4.80. The Hall–Kier alpha value is -1.42. The highest BCUT2D eigenvalue weighted by Gasteiger charge is 2.28. The molecule has 0 bridgehead atoms. The first-order valence-corrected chi connectivity index (χ1v) is 8.66. The van der Waals surface area contributed by atoms with E-state index in [1.807, 2.05) is 6.92 Å². The first-order chi connectivity index (χ1) is 11.0. The molecule has 1 aromatic rings. The monoisotopic (exact) mass is 339 g/mol. The van der Waals surface area contributed by atoms with Gasteiger partial charge in [0.05, 0.1) is 18.7 Å². The summed E-state index contributed by atoms with van der Waals surface area (Å²) < 4.78 is 10.8. The van der Waals surface area contributed by atoms with Gasteiger partial charge in [0, 0.05) is 11.6 Å². The van der Waals surface area contributed by atoms with Crippen molar-refractivity contribution in [1.82, 2.24) is 5.32 Å². The number of hydrogen-bond acceptors (Lipinski definition) is 3. The Bertz CT molecular complexity index is 561. The van der Waals surface area contributed by atoms with Crippen LogP contribution in [-0.2, 0) is 0 Å². The number of benzene rings is 1. The molecule has 0 aliphatic heterocycles. The number of carbonyl (C=O) groups is 1. The van der Waals surface area contributed by atoms with E-state index >= 15 is 0 Å². The molecule has 128 valence electrons. The average Bonchev–Trinajstić information content (AvgIpc) is 2.53. The summed E-state index contributed by atoms with van der Waals surface area (Å²) in [6.45, 7) is 6.82. The zero-order chi connectivity index (χ0) is 17.0. The van der Waals surface area contributed by atoms with Gasteiger partial charge in [-0.15, -0.1) is 0 Å². The SMILES string of the molecule is CCOc1c(Cl)cc(C(=O)NC2CCCC(C)C2C)cc1OC. The van der Waals surface area contributed by atoms with Gasteiger partial charge in [-0.3, -0.25) is 4.79 Å². The van der Waals surface area contributed by atoms with Crippen LogP contribution < -0.4 is 14.8 Å². The van der Waals surface area contributed by atoms with Crippen molar-refractivity contribution in [2.45, 2.75) is 46.1 Å². The summed E-state index contributed by atoms with van der Waals surface area (Å²) in [5.74, 6) is 1.96. The third kappa shape index (κ3) is 4.11. The molecule has 3 atom stereocenters. The summed E-state index contributed by atoms with van der Waals surface area (Å²) in [5, 5.41) is 3.54. The van der Waals surface area contributed by atoms with Crippen molar-refractivity contribution in [1.29, 1.82) is 0 Å². The lowest BCUT2D eigenvalue weighted by molar-refractivity contribution is 0.0890. The minimum absolute atomic E-state index is 0.112. The van der Waals surface area contributed by atoms with Crippen molar-refractivity contribution in [3.63, 3.8) is 0 Å². The van der Waals surface area contributed by atoms with Gasteiger partial charge < -0.3 is 14.8 Å². The van der Waals surface area contributed by atoms with E-state index in [4.69, 9.17) is 21.1 Å². The normalized spacial score (nSPS) is 24.1. The van der Waals surface area contributed by atoms with Crippen LogP contribution in [0.1, 0.15) is 50.4 Å². The number of amides is 1. The Morgan fingerprint density at radius 3 is 2.74 bits per heavy atom. The summed E-state index contributed by atoms with van der Waals surface area (Å²) >= 11 is 6.25. The molecular weight excluding hydrogens is 314 g/mol. The van der Waals surface area contributed by atoms with Crippen LogP contribution in [-0.4, -0.2) is 25.7 Å². The molecule has 2 rings (SSSR count). The molecule has 0 aromatic heterocycles. The van der Waals surface area contributed by atoms with E-state index in [1.165, 1.54) is 6.42 Å². The standard InChI is InChI=1S/C18H26ClNO3/c1-5-23-17-14(19)9-13(10-16(17)22-4)18(21)20-15-8-6-7-11(2)12(15)3/h9-12,15H,5-8H2,1-4H3,(H,20,21). The smallest absolute Gasteiger partial charge is 0.251 e. The molecule has 4 nitrogen and oxygen atoms in total. The zero-order valence-electron chi connectivity index (χ0n) is 14.3. The lowest BCUT2D eigenvalue weighted by Crippen LogP contribution is -2.43. The van der Waals surface area contributed by atoms with Crippen LogP contribution in [0.2, 0.25) is 5.02 Å². The highest BCUT2D eigenvalue weighted by atomic mass is 35.5. The zero-order valence-corrected chi connectivity index (χ0v) is 15.1. The second kappa shape index (κ2) is 7.91. The Kier molecular flexibility index (Phi) is 6.17. The van der Waals surface area contributed by atoms with Gasteiger partial charge in [0.25, 0.3) is 5.91 Å². The van der Waals surface area contributed by atoms with E-state index in [0.29, 0.717) is 40.5 Å². The van der Waals surface area contributed by atoms with Crippen molar-refractivity contribution in [3.8, 4) is 11.5 Å². The van der Waals surface area contributed by atoms with E-state index < -0.39 is 0 Å². The second-order valence-corrected chi connectivity index (χ2v) is 6.68. The molecule has 23 heavy (non-hydrogen) atoms. The molecule has 0 radical (unpaired) electrons. The van der Waals surface area contributed by atoms with E-state index in [-0.39, 0.29) is 11.9 Å². The van der Waals surface area contributed by atoms with Crippen LogP contribution in [0.15, 0.2) is 12.1 Å². The fourth-order valence-corrected chi connectivity index (χ4v) is 3.44. The first-order valence-electron chi connectivity index (χ1n) is 8.29. The fourth-order valence-electron chi connectivity index (χ4n) is 3.17. The fraction of sp³-hybridized carbons (Fsp3) is 0.611. The van der Waals surface area contributed by atoms with Crippen LogP contribution in [0.3, 0.4) is 0 Å². The molecule has 0 saturated heterocycles. The largest absolute Gasteiger partial charge is 0.493 e. The van der Waals surface area contributed by atoms with Crippen LogP contribution in [0.5, 0.6) is 11.5 Å².